The van der Waals surface area contributed by atoms with Gasteiger partial charge < -0.3 is 9.47 Å². The van der Waals surface area contributed by atoms with Gasteiger partial charge >= 0.3 is 12.1 Å². The molecule has 2 rings (SSSR count). The summed E-state index contributed by atoms with van der Waals surface area (Å²) in [6, 6.07) is 9.48. The molecule has 0 aliphatic rings. The first-order chi connectivity index (χ1) is 11.8. The zero-order valence-electron chi connectivity index (χ0n) is 13.3. The smallest absolute Gasteiger partial charge is 0.417 e. The summed E-state index contributed by atoms with van der Waals surface area (Å²) in [5.74, 6) is -0.486. The molecule has 132 valence electrons. The summed E-state index contributed by atoms with van der Waals surface area (Å²) in [5.41, 5.74) is -0.361. The van der Waals surface area contributed by atoms with Crippen molar-refractivity contribution < 1.29 is 32.2 Å². The van der Waals surface area contributed by atoms with Gasteiger partial charge in [0.1, 0.15) is 25.2 Å². The Morgan fingerprint density at radius 2 is 1.88 bits per heavy atom. The molecule has 0 bridgehead atoms. The predicted molar refractivity (Wildman–Crippen MR) is 84.4 cm³/mol. The van der Waals surface area contributed by atoms with Gasteiger partial charge in [-0.1, -0.05) is 24.3 Å². The van der Waals surface area contributed by atoms with Crippen LogP contribution in [0, 0.1) is 0 Å². The highest BCUT2D eigenvalue weighted by molar-refractivity contribution is 5.80. The molecule has 2 aromatic rings. The van der Waals surface area contributed by atoms with Crippen LogP contribution in [0.3, 0.4) is 0 Å². The van der Waals surface area contributed by atoms with Gasteiger partial charge in [0.2, 0.25) is 0 Å². The van der Waals surface area contributed by atoms with E-state index >= 15 is 0 Å². The SMILES string of the molecule is CC(=O)OCCOc1ccc(-c2cccc(C=O)c2)c(C(F)(F)F)c1. The first-order valence-electron chi connectivity index (χ1n) is 7.34. The lowest BCUT2D eigenvalue weighted by molar-refractivity contribution is -0.141. The number of rotatable bonds is 6. The zero-order valence-corrected chi connectivity index (χ0v) is 13.3. The summed E-state index contributed by atoms with van der Waals surface area (Å²) >= 11 is 0. The van der Waals surface area contributed by atoms with Crippen molar-refractivity contribution in [1.29, 1.82) is 0 Å². The van der Waals surface area contributed by atoms with Gasteiger partial charge in [0.15, 0.2) is 0 Å². The Morgan fingerprint density at radius 1 is 1.12 bits per heavy atom. The lowest BCUT2D eigenvalue weighted by Crippen LogP contribution is -2.11. The molecule has 0 amide bonds. The van der Waals surface area contributed by atoms with Gasteiger partial charge in [-0.05, 0) is 29.3 Å². The maximum Gasteiger partial charge on any atom is 0.417 e. The van der Waals surface area contributed by atoms with E-state index in [1.165, 1.54) is 43.3 Å². The van der Waals surface area contributed by atoms with Crippen LogP contribution in [-0.4, -0.2) is 25.5 Å². The van der Waals surface area contributed by atoms with Crippen molar-refractivity contribution >= 4 is 12.3 Å². The lowest BCUT2D eigenvalue weighted by Gasteiger charge is -2.15. The number of carbonyl (C=O) groups is 2. The van der Waals surface area contributed by atoms with Crippen LogP contribution < -0.4 is 4.74 Å². The Kier molecular flexibility index (Phi) is 5.80. The molecule has 25 heavy (non-hydrogen) atoms. The van der Waals surface area contributed by atoms with Crippen LogP contribution in [0.2, 0.25) is 0 Å². The average Bonchev–Trinajstić information content (AvgIpc) is 2.57. The molecule has 0 aromatic heterocycles. The van der Waals surface area contributed by atoms with Crippen LogP contribution in [0.5, 0.6) is 5.75 Å². The Morgan fingerprint density at radius 3 is 2.52 bits per heavy atom. The van der Waals surface area contributed by atoms with Crippen LogP contribution >= 0.6 is 0 Å². The van der Waals surface area contributed by atoms with Gasteiger partial charge in [0, 0.05) is 12.5 Å². The number of esters is 1. The summed E-state index contributed by atoms with van der Waals surface area (Å²) < 4.78 is 50.0. The third-order valence-electron chi connectivity index (χ3n) is 3.29. The maximum atomic E-state index is 13.4. The second-order valence-electron chi connectivity index (χ2n) is 5.14. The normalized spacial score (nSPS) is 11.0. The Labute approximate surface area is 142 Å². The van der Waals surface area contributed by atoms with Gasteiger partial charge in [-0.2, -0.15) is 13.2 Å². The molecule has 4 nitrogen and oxygen atoms in total. The number of hydrogen-bond donors (Lipinski definition) is 0. The minimum absolute atomic E-state index is 0.00905. The molecule has 0 saturated heterocycles. The number of hydrogen-bond acceptors (Lipinski definition) is 4. The number of ether oxygens (including phenoxy) is 2. The predicted octanol–water partition coefficient (Wildman–Crippen LogP) is 4.13. The van der Waals surface area contributed by atoms with Crippen molar-refractivity contribution in [2.24, 2.45) is 0 Å². The highest BCUT2D eigenvalue weighted by Crippen LogP contribution is 2.39. The second-order valence-corrected chi connectivity index (χ2v) is 5.14. The largest absolute Gasteiger partial charge is 0.490 e. The van der Waals surface area contributed by atoms with Crippen molar-refractivity contribution in [3.8, 4) is 16.9 Å². The average molecular weight is 352 g/mol. The van der Waals surface area contributed by atoms with Gasteiger partial charge in [-0.25, -0.2) is 0 Å². The standard InChI is InChI=1S/C18H15F3O4/c1-12(23)24-7-8-25-15-5-6-16(17(10-15)18(19,20)21)14-4-2-3-13(9-14)11-22/h2-6,9-11H,7-8H2,1H3. The Bertz CT molecular complexity index is 769. The molecule has 0 unspecified atom stereocenters. The van der Waals surface area contributed by atoms with E-state index in [4.69, 9.17) is 4.74 Å². The van der Waals surface area contributed by atoms with Crippen LogP contribution in [0.1, 0.15) is 22.8 Å². The third kappa shape index (κ3) is 5.07. The fraction of sp³-hybridized carbons (Fsp3) is 0.222. The van der Waals surface area contributed by atoms with E-state index in [0.29, 0.717) is 6.29 Å². The quantitative estimate of drug-likeness (QED) is 0.446. The number of halogens is 3. The van der Waals surface area contributed by atoms with Gasteiger partial charge in [-0.15, -0.1) is 0 Å². The number of benzene rings is 2. The topological polar surface area (TPSA) is 52.6 Å². The van der Waals surface area contributed by atoms with Crippen molar-refractivity contribution in [3.63, 3.8) is 0 Å². The van der Waals surface area contributed by atoms with Gasteiger partial charge in [0.25, 0.3) is 0 Å². The van der Waals surface area contributed by atoms with E-state index in [1.54, 1.807) is 0 Å². The number of aldehydes is 1. The first-order valence-corrected chi connectivity index (χ1v) is 7.34. The third-order valence-corrected chi connectivity index (χ3v) is 3.29. The number of carbonyl (C=O) groups excluding carboxylic acids is 2. The van der Waals surface area contributed by atoms with Gasteiger partial charge in [-0.3, -0.25) is 9.59 Å². The van der Waals surface area contributed by atoms with Crippen LogP contribution in [-0.2, 0) is 15.7 Å². The van der Waals surface area contributed by atoms with E-state index in [2.05, 4.69) is 4.74 Å². The highest BCUT2D eigenvalue weighted by atomic mass is 19.4. The summed E-state index contributed by atoms with van der Waals surface area (Å²) in [6.45, 7) is 1.11. The van der Waals surface area contributed by atoms with Crippen molar-refractivity contribution in [2.75, 3.05) is 13.2 Å². The summed E-state index contributed by atoms with van der Waals surface area (Å²) in [6.07, 6.45) is -4.02. The van der Waals surface area contributed by atoms with Crippen LogP contribution in [0.15, 0.2) is 42.5 Å². The molecular formula is C18H15F3O4. The minimum atomic E-state index is -4.60. The molecule has 0 heterocycles. The zero-order chi connectivity index (χ0) is 18.4. The van der Waals surface area contributed by atoms with E-state index in [0.717, 1.165) is 6.07 Å². The highest BCUT2D eigenvalue weighted by Gasteiger charge is 2.34. The Balaban J connectivity index is 2.31. The fourth-order valence-electron chi connectivity index (χ4n) is 2.22. The molecule has 0 radical (unpaired) electrons. The van der Waals surface area contributed by atoms with Crippen LogP contribution in [0.4, 0.5) is 13.2 Å². The monoisotopic (exact) mass is 352 g/mol. The molecule has 0 atom stereocenters. The van der Waals surface area contributed by atoms with Crippen molar-refractivity contribution in [3.05, 3.63) is 53.6 Å². The second kappa shape index (κ2) is 7.83. The first kappa shape index (κ1) is 18.5. The molecule has 0 aliphatic heterocycles. The lowest BCUT2D eigenvalue weighted by atomic mass is 9.97. The molecule has 7 heteroatoms. The van der Waals surface area contributed by atoms with Crippen molar-refractivity contribution in [2.45, 2.75) is 13.1 Å². The van der Waals surface area contributed by atoms with E-state index < -0.39 is 17.7 Å². The molecule has 0 N–H and O–H groups in total. The molecule has 2 aromatic carbocycles. The van der Waals surface area contributed by atoms with Crippen LogP contribution in [0.25, 0.3) is 11.1 Å². The Hall–Kier alpha value is -2.83. The molecule has 0 aliphatic carbocycles. The summed E-state index contributed by atoms with van der Waals surface area (Å²) in [5, 5.41) is 0. The van der Waals surface area contributed by atoms with E-state index in [1.807, 2.05) is 0 Å². The van der Waals surface area contributed by atoms with Crippen molar-refractivity contribution in [1.82, 2.24) is 0 Å². The van der Waals surface area contributed by atoms with Gasteiger partial charge in [0.05, 0.1) is 5.56 Å². The molecule has 0 saturated carbocycles. The summed E-state index contributed by atoms with van der Waals surface area (Å²) in [4.78, 5) is 21.5. The molecular weight excluding hydrogens is 337 g/mol. The molecule has 0 spiro atoms. The summed E-state index contributed by atoms with van der Waals surface area (Å²) in [7, 11) is 0. The number of alkyl halides is 3. The maximum absolute atomic E-state index is 13.4. The fourth-order valence-corrected chi connectivity index (χ4v) is 2.22. The molecule has 0 fully saturated rings. The van der Waals surface area contributed by atoms with E-state index in [-0.39, 0.29) is 35.7 Å². The minimum Gasteiger partial charge on any atom is -0.490 e. The van der Waals surface area contributed by atoms with E-state index in [9.17, 15) is 22.8 Å².